The second-order valence-corrected chi connectivity index (χ2v) is 4.15. The van der Waals surface area contributed by atoms with Gasteiger partial charge in [0.2, 0.25) is 5.52 Å². The number of fused-ring (bicyclic) bond motifs is 3. The van der Waals surface area contributed by atoms with Gasteiger partial charge in [0.1, 0.15) is 4.70 Å². The fraction of sp³-hybridized carbons (Fsp3) is 0. The smallest absolute Gasteiger partial charge is 0.260 e. The highest BCUT2D eigenvalue weighted by Gasteiger charge is 2.11. The normalized spacial score (nSPS) is 11.1. The van der Waals surface area contributed by atoms with Gasteiger partial charge in [0.15, 0.2) is 6.20 Å². The molecular weight excluding hydrogens is 194 g/mol. The first-order valence-electron chi connectivity index (χ1n) is 4.35. The monoisotopic (exact) mass is 201 g/mol. The molecule has 0 aliphatic carbocycles. The van der Waals surface area contributed by atoms with Crippen molar-refractivity contribution in [2.24, 2.45) is 0 Å². The molecule has 3 aromatic rings. The van der Waals surface area contributed by atoms with E-state index in [0.717, 1.165) is 15.0 Å². The van der Waals surface area contributed by atoms with Crippen LogP contribution in [-0.4, -0.2) is 0 Å². The SMILES string of the molecule is [O-]c1ccc[n+]2c1sc1ccccc12. The molecule has 0 fully saturated rings. The minimum absolute atomic E-state index is 0.0914. The van der Waals surface area contributed by atoms with Crippen molar-refractivity contribution in [2.45, 2.75) is 0 Å². The van der Waals surface area contributed by atoms with Crippen LogP contribution in [0, 0.1) is 0 Å². The van der Waals surface area contributed by atoms with Crippen molar-refractivity contribution in [3.63, 3.8) is 0 Å². The third-order valence-corrected chi connectivity index (χ3v) is 3.40. The van der Waals surface area contributed by atoms with Crippen LogP contribution in [0.5, 0.6) is 5.75 Å². The largest absolute Gasteiger partial charge is 0.867 e. The number of benzene rings is 1. The van der Waals surface area contributed by atoms with Gasteiger partial charge in [-0.3, -0.25) is 0 Å². The number of para-hydroxylation sites is 1. The number of rotatable bonds is 0. The number of hydrogen-bond acceptors (Lipinski definition) is 2. The minimum Gasteiger partial charge on any atom is -0.867 e. The van der Waals surface area contributed by atoms with E-state index in [4.69, 9.17) is 0 Å². The average molecular weight is 201 g/mol. The second kappa shape index (κ2) is 2.69. The van der Waals surface area contributed by atoms with Gasteiger partial charge in [-0.15, -0.1) is 0 Å². The van der Waals surface area contributed by atoms with Gasteiger partial charge < -0.3 is 5.11 Å². The van der Waals surface area contributed by atoms with Gasteiger partial charge in [-0.2, -0.15) is 4.40 Å². The topological polar surface area (TPSA) is 27.2 Å². The molecule has 0 aliphatic heterocycles. The van der Waals surface area contributed by atoms with E-state index < -0.39 is 0 Å². The maximum atomic E-state index is 11.5. The van der Waals surface area contributed by atoms with E-state index >= 15 is 0 Å². The fourth-order valence-electron chi connectivity index (χ4n) is 1.61. The van der Waals surface area contributed by atoms with Crippen molar-refractivity contribution < 1.29 is 9.51 Å². The molecule has 0 saturated heterocycles. The number of thiazole rings is 1. The zero-order valence-corrected chi connectivity index (χ0v) is 8.12. The molecule has 0 saturated carbocycles. The van der Waals surface area contributed by atoms with Crippen LogP contribution in [0.25, 0.3) is 15.0 Å². The zero-order chi connectivity index (χ0) is 9.54. The van der Waals surface area contributed by atoms with E-state index in [1.807, 2.05) is 34.9 Å². The lowest BCUT2D eigenvalue weighted by Gasteiger charge is -1.98. The molecule has 2 aromatic heterocycles. The summed E-state index contributed by atoms with van der Waals surface area (Å²) >= 11 is 1.54. The molecule has 0 unspecified atom stereocenters. The Bertz CT molecular complexity index is 615. The van der Waals surface area contributed by atoms with E-state index in [2.05, 4.69) is 0 Å². The summed E-state index contributed by atoms with van der Waals surface area (Å²) in [6, 6.07) is 11.4. The molecule has 0 N–H and O–H groups in total. The molecule has 1 aromatic carbocycles. The number of aromatic nitrogens is 1. The average Bonchev–Trinajstić information content (AvgIpc) is 2.59. The molecule has 68 valence electrons. The van der Waals surface area contributed by atoms with Crippen LogP contribution in [0.2, 0.25) is 0 Å². The Morgan fingerprint density at radius 1 is 1.07 bits per heavy atom. The predicted octanol–water partition coefficient (Wildman–Crippen LogP) is 1.71. The maximum absolute atomic E-state index is 11.5. The Hall–Kier alpha value is -1.61. The van der Waals surface area contributed by atoms with Gasteiger partial charge in [0.25, 0.3) is 4.83 Å². The molecule has 0 aliphatic rings. The van der Waals surface area contributed by atoms with Crippen LogP contribution in [0.1, 0.15) is 0 Å². The molecule has 3 heteroatoms. The van der Waals surface area contributed by atoms with E-state index in [9.17, 15) is 5.11 Å². The first kappa shape index (κ1) is 7.76. The summed E-state index contributed by atoms with van der Waals surface area (Å²) in [5.41, 5.74) is 1.10. The van der Waals surface area contributed by atoms with E-state index in [1.54, 1.807) is 12.1 Å². The Kier molecular flexibility index (Phi) is 1.49. The van der Waals surface area contributed by atoms with Crippen molar-refractivity contribution in [1.82, 2.24) is 0 Å². The molecule has 2 nitrogen and oxygen atoms in total. The van der Waals surface area contributed by atoms with Gasteiger partial charge in [-0.25, -0.2) is 0 Å². The Labute approximate surface area is 84.7 Å². The highest BCUT2D eigenvalue weighted by atomic mass is 32.1. The van der Waals surface area contributed by atoms with Crippen molar-refractivity contribution in [3.05, 3.63) is 42.6 Å². The van der Waals surface area contributed by atoms with Gasteiger partial charge in [0, 0.05) is 12.1 Å². The summed E-state index contributed by atoms with van der Waals surface area (Å²) < 4.78 is 3.10. The lowest BCUT2D eigenvalue weighted by molar-refractivity contribution is -0.482. The molecular formula is C11H7NOS. The second-order valence-electron chi connectivity index (χ2n) is 3.12. The van der Waals surface area contributed by atoms with Gasteiger partial charge in [-0.1, -0.05) is 29.5 Å². The van der Waals surface area contributed by atoms with Crippen molar-refractivity contribution in [3.8, 4) is 5.75 Å². The molecule has 0 bridgehead atoms. The van der Waals surface area contributed by atoms with Crippen LogP contribution in [0.15, 0.2) is 42.6 Å². The molecule has 14 heavy (non-hydrogen) atoms. The number of nitrogens with zero attached hydrogens (tertiary/aromatic N) is 1. The van der Waals surface area contributed by atoms with Gasteiger partial charge >= 0.3 is 0 Å². The molecule has 0 amide bonds. The summed E-state index contributed by atoms with van der Waals surface area (Å²) in [6.45, 7) is 0. The van der Waals surface area contributed by atoms with Gasteiger partial charge in [-0.05, 0) is 11.8 Å². The highest BCUT2D eigenvalue weighted by Crippen LogP contribution is 2.24. The fourth-order valence-corrected chi connectivity index (χ4v) is 2.66. The summed E-state index contributed by atoms with van der Waals surface area (Å²) in [7, 11) is 0. The van der Waals surface area contributed by atoms with E-state index in [0.29, 0.717) is 0 Å². The molecule has 2 heterocycles. The molecule has 0 spiro atoms. The van der Waals surface area contributed by atoms with Crippen molar-refractivity contribution in [2.75, 3.05) is 0 Å². The highest BCUT2D eigenvalue weighted by molar-refractivity contribution is 7.23. The van der Waals surface area contributed by atoms with E-state index in [-0.39, 0.29) is 5.75 Å². The molecule has 0 radical (unpaired) electrons. The van der Waals surface area contributed by atoms with Crippen LogP contribution in [-0.2, 0) is 0 Å². The Morgan fingerprint density at radius 3 is 2.86 bits per heavy atom. The first-order chi connectivity index (χ1) is 6.86. The summed E-state index contributed by atoms with van der Waals surface area (Å²) in [5, 5.41) is 11.5. The van der Waals surface area contributed by atoms with Crippen molar-refractivity contribution >= 4 is 26.4 Å². The third kappa shape index (κ3) is 0.930. The summed E-state index contributed by atoms with van der Waals surface area (Å²) in [5.74, 6) is 0.0914. The predicted molar refractivity (Wildman–Crippen MR) is 54.4 cm³/mol. The van der Waals surface area contributed by atoms with Crippen LogP contribution in [0.3, 0.4) is 0 Å². The summed E-state index contributed by atoms with van der Waals surface area (Å²) in [4.78, 5) is 0.786. The standard InChI is InChI=1S/C11H7NOS/c13-9-5-3-7-12-8-4-1-2-6-10(8)14-11(9)12/h1-7H. The Morgan fingerprint density at radius 2 is 1.93 bits per heavy atom. The third-order valence-electron chi connectivity index (χ3n) is 2.24. The quantitative estimate of drug-likeness (QED) is 0.509. The lowest BCUT2D eigenvalue weighted by atomic mass is 10.3. The summed E-state index contributed by atoms with van der Waals surface area (Å²) in [6.07, 6.45) is 1.93. The van der Waals surface area contributed by atoms with Crippen LogP contribution >= 0.6 is 11.3 Å². The van der Waals surface area contributed by atoms with Crippen LogP contribution < -0.4 is 9.51 Å². The van der Waals surface area contributed by atoms with Gasteiger partial charge in [0.05, 0.1) is 0 Å². The minimum atomic E-state index is 0.0914. The lowest BCUT2D eigenvalue weighted by Crippen LogP contribution is -2.19. The van der Waals surface area contributed by atoms with Crippen LogP contribution in [0.4, 0.5) is 0 Å². The first-order valence-corrected chi connectivity index (χ1v) is 5.17. The number of hydrogen-bond donors (Lipinski definition) is 0. The number of pyridine rings is 1. The molecule has 0 atom stereocenters. The molecule has 3 rings (SSSR count). The van der Waals surface area contributed by atoms with Crippen molar-refractivity contribution in [1.29, 1.82) is 0 Å². The zero-order valence-electron chi connectivity index (χ0n) is 7.31. The van der Waals surface area contributed by atoms with E-state index in [1.165, 1.54) is 11.3 Å². The Balaban J connectivity index is 2.63. The maximum Gasteiger partial charge on any atom is 0.260 e.